The van der Waals surface area contributed by atoms with Crippen molar-refractivity contribution >= 4 is 17.5 Å². The molecule has 2 aromatic rings. The summed E-state index contributed by atoms with van der Waals surface area (Å²) in [5, 5.41) is 14.4. The highest BCUT2D eigenvalue weighted by Crippen LogP contribution is 2.28. The van der Waals surface area contributed by atoms with E-state index in [9.17, 15) is 5.11 Å². The van der Waals surface area contributed by atoms with Gasteiger partial charge in [-0.15, -0.1) is 0 Å². The number of aromatic nitrogens is 2. The Morgan fingerprint density at radius 2 is 1.85 bits per heavy atom. The third kappa shape index (κ3) is 7.54. The van der Waals surface area contributed by atoms with Crippen molar-refractivity contribution in [1.82, 2.24) is 15.3 Å². The molecule has 0 spiro atoms. The number of nitrogens with two attached hydrogens (primary N) is 1. The number of ether oxygens (including phenoxy) is 1. The molecule has 7 nitrogen and oxygen atoms in total. The summed E-state index contributed by atoms with van der Waals surface area (Å²) in [6.07, 6.45) is 7.91. The van der Waals surface area contributed by atoms with E-state index in [2.05, 4.69) is 20.2 Å². The number of benzene rings is 1. The van der Waals surface area contributed by atoms with E-state index in [0.717, 1.165) is 73.6 Å². The highest BCUT2D eigenvalue weighted by molar-refractivity contribution is 6.30. The van der Waals surface area contributed by atoms with E-state index in [1.54, 1.807) is 12.4 Å². The fourth-order valence-electron chi connectivity index (χ4n) is 4.59. The molecule has 8 heteroatoms. The van der Waals surface area contributed by atoms with E-state index in [-0.39, 0.29) is 6.04 Å². The molecular weight excluding hydrogens is 438 g/mol. The molecule has 1 aromatic carbocycles. The summed E-state index contributed by atoms with van der Waals surface area (Å²) in [7, 11) is 0. The Morgan fingerprint density at radius 3 is 2.45 bits per heavy atom. The molecule has 33 heavy (non-hydrogen) atoms. The van der Waals surface area contributed by atoms with Crippen molar-refractivity contribution in [2.24, 2.45) is 11.7 Å². The van der Waals surface area contributed by atoms with Crippen LogP contribution in [-0.2, 0) is 0 Å². The van der Waals surface area contributed by atoms with Crippen molar-refractivity contribution in [1.29, 1.82) is 0 Å². The zero-order valence-corrected chi connectivity index (χ0v) is 20.8. The van der Waals surface area contributed by atoms with Crippen LogP contribution in [0.15, 0.2) is 24.5 Å². The Labute approximate surface area is 202 Å². The first-order valence-corrected chi connectivity index (χ1v) is 12.4. The number of hydrogen-bond acceptors (Lipinski definition) is 7. The molecule has 1 aliphatic heterocycles. The Balaban J connectivity index is 1.41. The number of hydrogen-bond donors (Lipinski definition) is 3. The van der Waals surface area contributed by atoms with Crippen molar-refractivity contribution in [3.63, 3.8) is 0 Å². The summed E-state index contributed by atoms with van der Waals surface area (Å²) < 4.78 is 6.05. The molecule has 182 valence electrons. The lowest BCUT2D eigenvalue weighted by Crippen LogP contribution is -2.34. The van der Waals surface area contributed by atoms with Crippen LogP contribution >= 0.6 is 11.6 Å². The highest BCUT2D eigenvalue weighted by Gasteiger charge is 2.21. The summed E-state index contributed by atoms with van der Waals surface area (Å²) in [6, 6.07) is 4.20. The van der Waals surface area contributed by atoms with E-state index >= 15 is 0 Å². The molecule has 0 aliphatic carbocycles. The number of anilines is 1. The number of nitrogens with zero attached hydrogens (tertiary/aromatic N) is 3. The topological polar surface area (TPSA) is 96.5 Å². The zero-order valence-electron chi connectivity index (χ0n) is 20.1. The van der Waals surface area contributed by atoms with Crippen LogP contribution in [0, 0.1) is 19.8 Å². The minimum atomic E-state index is -0.704. The van der Waals surface area contributed by atoms with E-state index < -0.39 is 6.23 Å². The molecular formula is C25H38ClN5O2. The Morgan fingerprint density at radius 1 is 1.21 bits per heavy atom. The smallest absolute Gasteiger partial charge is 0.225 e. The maximum absolute atomic E-state index is 10.6. The van der Waals surface area contributed by atoms with Gasteiger partial charge in [0, 0.05) is 24.7 Å². The second-order valence-electron chi connectivity index (χ2n) is 9.14. The lowest BCUT2D eigenvalue weighted by Gasteiger charge is -2.32. The minimum Gasteiger partial charge on any atom is -0.494 e. The van der Waals surface area contributed by atoms with Crippen LogP contribution in [-0.4, -0.2) is 47.4 Å². The Bertz CT molecular complexity index is 849. The predicted molar refractivity (Wildman–Crippen MR) is 134 cm³/mol. The van der Waals surface area contributed by atoms with Crippen molar-refractivity contribution in [2.75, 3.05) is 31.1 Å². The molecule has 0 radical (unpaired) electrons. The van der Waals surface area contributed by atoms with Gasteiger partial charge >= 0.3 is 0 Å². The molecule has 1 aromatic heterocycles. The van der Waals surface area contributed by atoms with Gasteiger partial charge in [0.15, 0.2) is 0 Å². The van der Waals surface area contributed by atoms with Crippen LogP contribution in [0.1, 0.15) is 61.9 Å². The van der Waals surface area contributed by atoms with Crippen molar-refractivity contribution in [2.45, 2.75) is 65.1 Å². The number of aliphatic hydroxyl groups is 1. The van der Waals surface area contributed by atoms with Crippen LogP contribution in [0.2, 0.25) is 5.02 Å². The first-order chi connectivity index (χ1) is 15.9. The van der Waals surface area contributed by atoms with Crippen molar-refractivity contribution in [3.05, 3.63) is 46.2 Å². The van der Waals surface area contributed by atoms with Gasteiger partial charge in [0.05, 0.1) is 24.0 Å². The number of halogens is 1. The van der Waals surface area contributed by atoms with Crippen LogP contribution in [0.3, 0.4) is 0 Å². The number of piperidine rings is 1. The lowest BCUT2D eigenvalue weighted by atomic mass is 9.92. The normalized spacial score (nSPS) is 16.6. The molecule has 1 aliphatic rings. The third-order valence-electron chi connectivity index (χ3n) is 6.41. The average Bonchev–Trinajstić information content (AvgIpc) is 2.77. The number of nitrogens with one attached hydrogen (secondary N) is 1. The summed E-state index contributed by atoms with van der Waals surface area (Å²) >= 11 is 5.88. The summed E-state index contributed by atoms with van der Waals surface area (Å²) in [5.41, 5.74) is 8.59. The number of aryl methyl sites for hydroxylation is 2. The molecule has 2 heterocycles. The summed E-state index contributed by atoms with van der Waals surface area (Å²) in [6.45, 7) is 9.33. The van der Waals surface area contributed by atoms with Crippen LogP contribution in [0.5, 0.6) is 5.75 Å². The third-order valence-corrected chi connectivity index (χ3v) is 6.61. The highest BCUT2D eigenvalue weighted by atomic mass is 35.5. The standard InChI is InChI=1S/C25H38ClN5O2/c1-17-13-22(14-18(2)23(17)24(32)30-19(3)6-9-27)33-12-4-5-20-7-10-31(11-8-20)25-28-15-21(26)16-29-25/h13-16,19-20,24,30,32H,4-12,27H2,1-3H3/t19-,24?/m0/s1. The molecule has 0 bridgehead atoms. The molecule has 4 N–H and O–H groups in total. The SMILES string of the molecule is Cc1cc(OCCCC2CCN(c3ncc(Cl)cn3)CC2)cc(C)c1C(O)N[C@@H](C)CCN. The maximum atomic E-state index is 10.6. The van der Waals surface area contributed by atoms with Crippen molar-refractivity contribution in [3.8, 4) is 5.75 Å². The minimum absolute atomic E-state index is 0.158. The van der Waals surface area contributed by atoms with Crippen LogP contribution in [0.4, 0.5) is 5.95 Å². The van der Waals surface area contributed by atoms with Gasteiger partial charge in [-0.25, -0.2) is 9.97 Å². The summed E-state index contributed by atoms with van der Waals surface area (Å²) in [4.78, 5) is 10.9. The molecule has 0 saturated carbocycles. The van der Waals surface area contributed by atoms with Gasteiger partial charge in [-0.1, -0.05) is 11.6 Å². The lowest BCUT2D eigenvalue weighted by molar-refractivity contribution is 0.123. The van der Waals surface area contributed by atoms with Gasteiger partial charge in [0.2, 0.25) is 5.95 Å². The van der Waals surface area contributed by atoms with E-state index in [4.69, 9.17) is 22.1 Å². The first kappa shape index (κ1) is 25.7. The molecule has 1 fully saturated rings. The van der Waals surface area contributed by atoms with Crippen molar-refractivity contribution < 1.29 is 9.84 Å². The van der Waals surface area contributed by atoms with Gasteiger partial charge in [-0.2, -0.15) is 0 Å². The van der Waals surface area contributed by atoms with Gasteiger partial charge < -0.3 is 20.5 Å². The second-order valence-corrected chi connectivity index (χ2v) is 9.58. The van der Waals surface area contributed by atoms with Gasteiger partial charge in [-0.05, 0) is 88.6 Å². The fraction of sp³-hybridized carbons (Fsp3) is 0.600. The largest absolute Gasteiger partial charge is 0.494 e. The molecule has 0 amide bonds. The maximum Gasteiger partial charge on any atom is 0.225 e. The van der Waals surface area contributed by atoms with Crippen LogP contribution < -0.4 is 20.7 Å². The monoisotopic (exact) mass is 475 g/mol. The second kappa shape index (κ2) is 12.5. The average molecular weight is 476 g/mol. The predicted octanol–water partition coefficient (Wildman–Crippen LogP) is 4.14. The number of rotatable bonds is 11. The first-order valence-electron chi connectivity index (χ1n) is 12.0. The molecule has 2 atom stereocenters. The molecule has 3 rings (SSSR count). The van der Waals surface area contributed by atoms with Crippen LogP contribution in [0.25, 0.3) is 0 Å². The quantitative estimate of drug-likeness (QED) is 0.332. The molecule has 1 saturated heterocycles. The van der Waals surface area contributed by atoms with Gasteiger partial charge in [-0.3, -0.25) is 5.32 Å². The van der Waals surface area contributed by atoms with Gasteiger partial charge in [0.1, 0.15) is 12.0 Å². The zero-order chi connectivity index (χ0) is 23.8. The summed E-state index contributed by atoms with van der Waals surface area (Å²) in [5.74, 6) is 2.34. The van der Waals surface area contributed by atoms with Gasteiger partial charge in [0.25, 0.3) is 0 Å². The fourth-order valence-corrected chi connectivity index (χ4v) is 4.69. The molecule has 1 unspecified atom stereocenters. The Hall–Kier alpha value is -1.93. The van der Waals surface area contributed by atoms with E-state index in [1.165, 1.54) is 0 Å². The number of aliphatic hydroxyl groups excluding tert-OH is 1. The van der Waals surface area contributed by atoms with E-state index in [0.29, 0.717) is 24.1 Å². The van der Waals surface area contributed by atoms with E-state index in [1.807, 2.05) is 32.9 Å². The Kier molecular flexibility index (Phi) is 9.74.